The fourth-order valence-electron chi connectivity index (χ4n) is 4.57. The summed E-state index contributed by atoms with van der Waals surface area (Å²) in [5, 5.41) is 0. The second-order valence-corrected chi connectivity index (χ2v) is 8.29. The summed E-state index contributed by atoms with van der Waals surface area (Å²) < 4.78 is 0. The minimum Gasteiger partial charge on any atom is -0.371 e. The first kappa shape index (κ1) is 14.7. The van der Waals surface area contributed by atoms with Crippen LogP contribution in [0.15, 0.2) is 48.8 Å². The van der Waals surface area contributed by atoms with Crippen LogP contribution in [0.5, 0.6) is 0 Å². The molecule has 120 valence electrons. The molecule has 1 aliphatic carbocycles. The second-order valence-electron chi connectivity index (χ2n) is 8.29. The number of pyridine rings is 1. The number of fused-ring (bicyclic) bond motifs is 1. The Hall–Kier alpha value is -1.83. The molecule has 0 radical (unpaired) electrons. The van der Waals surface area contributed by atoms with Crippen molar-refractivity contribution in [1.82, 2.24) is 4.98 Å². The van der Waals surface area contributed by atoms with Crippen molar-refractivity contribution >= 4 is 5.69 Å². The lowest BCUT2D eigenvalue weighted by Crippen LogP contribution is -2.39. The van der Waals surface area contributed by atoms with E-state index in [1.807, 2.05) is 12.4 Å². The first-order chi connectivity index (χ1) is 11.0. The van der Waals surface area contributed by atoms with E-state index in [2.05, 4.69) is 67.1 Å². The van der Waals surface area contributed by atoms with Crippen LogP contribution in [0.4, 0.5) is 5.69 Å². The van der Waals surface area contributed by atoms with Crippen LogP contribution in [0.3, 0.4) is 0 Å². The maximum Gasteiger partial charge on any atom is 0.0372 e. The molecule has 2 heteroatoms. The number of nitrogens with zero attached hydrogens (tertiary/aromatic N) is 2. The molecule has 0 spiro atoms. The van der Waals surface area contributed by atoms with Crippen molar-refractivity contribution in [2.75, 3.05) is 18.0 Å². The summed E-state index contributed by atoms with van der Waals surface area (Å²) in [5.74, 6) is 0.876. The molecule has 0 bridgehead atoms. The summed E-state index contributed by atoms with van der Waals surface area (Å²) in [6.07, 6.45) is 6.48. The Labute approximate surface area is 139 Å². The fraction of sp³-hybridized carbons (Fsp3) is 0.476. The summed E-state index contributed by atoms with van der Waals surface area (Å²) >= 11 is 0. The van der Waals surface area contributed by atoms with Crippen molar-refractivity contribution < 1.29 is 0 Å². The zero-order valence-electron chi connectivity index (χ0n) is 14.4. The third kappa shape index (κ3) is 2.45. The van der Waals surface area contributed by atoms with Crippen molar-refractivity contribution in [1.29, 1.82) is 0 Å². The Bertz CT molecular complexity index is 701. The topological polar surface area (TPSA) is 16.1 Å². The number of aromatic nitrogens is 1. The van der Waals surface area contributed by atoms with Crippen LogP contribution >= 0.6 is 0 Å². The van der Waals surface area contributed by atoms with Crippen LogP contribution in [0.1, 0.15) is 33.6 Å². The van der Waals surface area contributed by atoms with Gasteiger partial charge in [-0.3, -0.25) is 4.98 Å². The maximum absolute atomic E-state index is 4.12. The van der Waals surface area contributed by atoms with Crippen molar-refractivity contribution in [3.63, 3.8) is 0 Å². The van der Waals surface area contributed by atoms with Gasteiger partial charge in [0.2, 0.25) is 0 Å². The van der Waals surface area contributed by atoms with Crippen molar-refractivity contribution in [3.05, 3.63) is 48.8 Å². The minimum atomic E-state index is 0.447. The Kier molecular flexibility index (Phi) is 3.26. The van der Waals surface area contributed by atoms with Crippen LogP contribution < -0.4 is 4.90 Å². The Morgan fingerprint density at radius 1 is 1.09 bits per heavy atom. The van der Waals surface area contributed by atoms with E-state index < -0.39 is 0 Å². The molecular weight excluding hydrogens is 280 g/mol. The monoisotopic (exact) mass is 306 g/mol. The van der Waals surface area contributed by atoms with Gasteiger partial charge in [-0.15, -0.1) is 0 Å². The highest BCUT2D eigenvalue weighted by Crippen LogP contribution is 2.67. The SMILES string of the molecule is CC(C)(C)C12CCN(c3cccc(-c4ccncc4)c3)CC1C2. The highest BCUT2D eigenvalue weighted by molar-refractivity contribution is 5.68. The highest BCUT2D eigenvalue weighted by Gasteiger charge is 2.62. The van der Waals surface area contributed by atoms with Gasteiger partial charge in [-0.2, -0.15) is 0 Å². The summed E-state index contributed by atoms with van der Waals surface area (Å²) in [6, 6.07) is 13.1. The molecule has 1 aliphatic heterocycles. The molecule has 4 rings (SSSR count). The molecule has 1 aromatic carbocycles. The predicted octanol–water partition coefficient (Wildman–Crippen LogP) is 5.01. The van der Waals surface area contributed by atoms with E-state index in [4.69, 9.17) is 0 Å². The number of rotatable bonds is 2. The molecule has 0 amide bonds. The maximum atomic E-state index is 4.12. The van der Waals surface area contributed by atoms with E-state index in [0.29, 0.717) is 10.8 Å². The molecule has 0 N–H and O–H groups in total. The van der Waals surface area contributed by atoms with Gasteiger partial charge in [-0.05, 0) is 65.0 Å². The number of benzene rings is 1. The second kappa shape index (κ2) is 5.09. The summed E-state index contributed by atoms with van der Waals surface area (Å²) in [6.45, 7) is 9.68. The molecule has 2 fully saturated rings. The van der Waals surface area contributed by atoms with E-state index in [1.54, 1.807) is 0 Å². The number of hydrogen-bond donors (Lipinski definition) is 0. The number of piperidine rings is 1. The lowest BCUT2D eigenvalue weighted by molar-refractivity contribution is 0.166. The van der Waals surface area contributed by atoms with Gasteiger partial charge in [0.25, 0.3) is 0 Å². The van der Waals surface area contributed by atoms with E-state index in [9.17, 15) is 0 Å². The third-order valence-corrected chi connectivity index (χ3v) is 6.22. The molecule has 1 aromatic heterocycles. The average molecular weight is 306 g/mol. The van der Waals surface area contributed by atoms with Crippen molar-refractivity contribution in [3.8, 4) is 11.1 Å². The molecule has 2 heterocycles. The molecule has 2 aliphatic rings. The fourth-order valence-corrected chi connectivity index (χ4v) is 4.57. The highest BCUT2D eigenvalue weighted by atomic mass is 15.2. The van der Waals surface area contributed by atoms with Crippen molar-refractivity contribution in [2.45, 2.75) is 33.6 Å². The first-order valence-electron chi connectivity index (χ1n) is 8.75. The zero-order valence-corrected chi connectivity index (χ0v) is 14.4. The summed E-state index contributed by atoms with van der Waals surface area (Å²) in [7, 11) is 0. The molecule has 2 aromatic rings. The van der Waals surface area contributed by atoms with Crippen molar-refractivity contribution in [2.24, 2.45) is 16.7 Å². The standard InChI is InChI=1S/C21H26N2/c1-20(2,3)21-9-12-23(15-18(21)14-21)19-6-4-5-17(13-19)16-7-10-22-11-8-16/h4-8,10-11,13,18H,9,12,14-15H2,1-3H3. The van der Waals surface area contributed by atoms with E-state index in [0.717, 1.165) is 5.92 Å². The summed E-state index contributed by atoms with van der Waals surface area (Å²) in [4.78, 5) is 6.71. The number of anilines is 1. The van der Waals surface area contributed by atoms with Crippen LogP contribution in [0, 0.1) is 16.7 Å². The lowest BCUT2D eigenvalue weighted by Gasteiger charge is -2.40. The van der Waals surface area contributed by atoms with Crippen LogP contribution in [-0.4, -0.2) is 18.1 Å². The van der Waals surface area contributed by atoms with Gasteiger partial charge in [-0.1, -0.05) is 32.9 Å². The van der Waals surface area contributed by atoms with Crippen LogP contribution in [0.25, 0.3) is 11.1 Å². The number of hydrogen-bond acceptors (Lipinski definition) is 2. The van der Waals surface area contributed by atoms with Crippen LogP contribution in [0.2, 0.25) is 0 Å². The Morgan fingerprint density at radius 2 is 1.87 bits per heavy atom. The minimum absolute atomic E-state index is 0.447. The average Bonchev–Trinajstić information content (AvgIpc) is 3.31. The third-order valence-electron chi connectivity index (χ3n) is 6.22. The molecule has 23 heavy (non-hydrogen) atoms. The van der Waals surface area contributed by atoms with E-state index in [-0.39, 0.29) is 0 Å². The van der Waals surface area contributed by atoms with Gasteiger partial charge >= 0.3 is 0 Å². The molecule has 1 saturated heterocycles. The van der Waals surface area contributed by atoms with Gasteiger partial charge in [0.15, 0.2) is 0 Å². The van der Waals surface area contributed by atoms with Gasteiger partial charge in [0.05, 0.1) is 0 Å². The van der Waals surface area contributed by atoms with Gasteiger partial charge < -0.3 is 4.90 Å². The lowest BCUT2D eigenvalue weighted by atomic mass is 9.72. The van der Waals surface area contributed by atoms with Crippen LogP contribution in [-0.2, 0) is 0 Å². The largest absolute Gasteiger partial charge is 0.371 e. The smallest absolute Gasteiger partial charge is 0.0372 e. The molecule has 2 atom stereocenters. The zero-order chi connectivity index (χ0) is 16.1. The van der Waals surface area contributed by atoms with Gasteiger partial charge in [-0.25, -0.2) is 0 Å². The molecule has 1 saturated carbocycles. The van der Waals surface area contributed by atoms with E-state index >= 15 is 0 Å². The van der Waals surface area contributed by atoms with Gasteiger partial charge in [0.1, 0.15) is 0 Å². The van der Waals surface area contributed by atoms with E-state index in [1.165, 1.54) is 42.7 Å². The molecular formula is C21H26N2. The first-order valence-corrected chi connectivity index (χ1v) is 8.75. The summed E-state index contributed by atoms with van der Waals surface area (Å²) in [5.41, 5.74) is 4.95. The Balaban J connectivity index is 1.55. The quantitative estimate of drug-likeness (QED) is 0.775. The Morgan fingerprint density at radius 3 is 2.57 bits per heavy atom. The normalized spacial score (nSPS) is 26.7. The van der Waals surface area contributed by atoms with Gasteiger partial charge in [0, 0.05) is 31.2 Å². The predicted molar refractivity (Wildman–Crippen MR) is 96.5 cm³/mol. The molecule has 2 nitrogen and oxygen atoms in total. The molecule has 2 unspecified atom stereocenters.